The highest BCUT2D eigenvalue weighted by molar-refractivity contribution is 5.67. The Balaban J connectivity index is 2.35. The number of rotatable bonds is 2. The van der Waals surface area contributed by atoms with Crippen LogP contribution in [0, 0.1) is 0 Å². The van der Waals surface area contributed by atoms with Gasteiger partial charge < -0.3 is 10.1 Å². The quantitative estimate of drug-likeness (QED) is 0.788. The zero-order valence-corrected chi connectivity index (χ0v) is 9.44. The number of hydrogen-bond donors (Lipinski definition) is 1. The minimum absolute atomic E-state index is 0.274. The minimum Gasteiger partial charge on any atom is -0.444 e. The third kappa shape index (κ3) is 4.44. The first kappa shape index (κ1) is 11.5. The zero-order chi connectivity index (χ0) is 11.5. The van der Waals surface area contributed by atoms with E-state index < -0.39 is 11.7 Å². The lowest BCUT2D eigenvalue weighted by atomic mass is 10.2. The Bertz CT molecular complexity index is 340. The van der Waals surface area contributed by atoms with Crippen LogP contribution >= 0.6 is 0 Å². The summed E-state index contributed by atoms with van der Waals surface area (Å²) >= 11 is 0. The summed E-state index contributed by atoms with van der Waals surface area (Å²) < 4.78 is 6.63. The molecule has 6 nitrogen and oxygen atoms in total. The first-order chi connectivity index (χ1) is 6.87. The van der Waals surface area contributed by atoms with E-state index in [1.165, 1.54) is 0 Å². The van der Waals surface area contributed by atoms with Gasteiger partial charge in [-0.3, -0.25) is 4.68 Å². The average Bonchev–Trinajstić information content (AvgIpc) is 2.45. The summed E-state index contributed by atoms with van der Waals surface area (Å²) in [4.78, 5) is 15.2. The van der Waals surface area contributed by atoms with Crippen molar-refractivity contribution < 1.29 is 9.53 Å². The number of amides is 1. The van der Waals surface area contributed by atoms with Crippen molar-refractivity contribution >= 4 is 6.09 Å². The van der Waals surface area contributed by atoms with Crippen LogP contribution in [-0.2, 0) is 18.3 Å². The molecule has 6 heteroatoms. The summed E-state index contributed by atoms with van der Waals surface area (Å²) in [5.41, 5.74) is -0.484. The van der Waals surface area contributed by atoms with Crippen molar-refractivity contribution in [2.45, 2.75) is 32.9 Å². The Morgan fingerprint density at radius 3 is 2.73 bits per heavy atom. The molecule has 1 aromatic rings. The largest absolute Gasteiger partial charge is 0.444 e. The topological polar surface area (TPSA) is 69.0 Å². The van der Waals surface area contributed by atoms with Crippen molar-refractivity contribution in [1.82, 2.24) is 20.1 Å². The number of ether oxygens (including phenoxy) is 1. The highest BCUT2D eigenvalue weighted by atomic mass is 16.6. The fourth-order valence-electron chi connectivity index (χ4n) is 0.930. The average molecular weight is 212 g/mol. The van der Waals surface area contributed by atoms with Crippen LogP contribution in [0.5, 0.6) is 0 Å². The second-order valence-corrected chi connectivity index (χ2v) is 4.19. The van der Waals surface area contributed by atoms with Crippen molar-refractivity contribution in [2.75, 3.05) is 0 Å². The van der Waals surface area contributed by atoms with Crippen LogP contribution in [0.4, 0.5) is 4.79 Å². The van der Waals surface area contributed by atoms with Crippen LogP contribution in [-0.4, -0.2) is 26.5 Å². The van der Waals surface area contributed by atoms with Gasteiger partial charge in [-0.1, -0.05) is 0 Å². The maximum absolute atomic E-state index is 11.2. The van der Waals surface area contributed by atoms with Crippen molar-refractivity contribution in [1.29, 1.82) is 0 Å². The molecule has 15 heavy (non-hydrogen) atoms. The van der Waals surface area contributed by atoms with Crippen molar-refractivity contribution in [2.24, 2.45) is 7.05 Å². The molecule has 0 radical (unpaired) electrons. The molecule has 1 N–H and O–H groups in total. The summed E-state index contributed by atoms with van der Waals surface area (Å²) in [6, 6.07) is 0. The fourth-order valence-corrected chi connectivity index (χ4v) is 0.930. The molecule has 1 aromatic heterocycles. The number of aryl methyl sites for hydroxylation is 1. The molecule has 0 aromatic carbocycles. The predicted octanol–water partition coefficient (Wildman–Crippen LogP) is 0.840. The summed E-state index contributed by atoms with van der Waals surface area (Å²) in [7, 11) is 1.77. The van der Waals surface area contributed by atoms with E-state index in [-0.39, 0.29) is 6.54 Å². The van der Waals surface area contributed by atoms with Gasteiger partial charge >= 0.3 is 6.09 Å². The maximum atomic E-state index is 11.2. The molecule has 0 aliphatic rings. The summed E-state index contributed by atoms with van der Waals surface area (Å²) in [5.74, 6) is 0.559. The van der Waals surface area contributed by atoms with E-state index in [2.05, 4.69) is 15.4 Å². The van der Waals surface area contributed by atoms with Gasteiger partial charge in [0, 0.05) is 7.05 Å². The van der Waals surface area contributed by atoms with E-state index in [0.717, 1.165) is 0 Å². The van der Waals surface area contributed by atoms with E-state index in [0.29, 0.717) is 5.82 Å². The van der Waals surface area contributed by atoms with Gasteiger partial charge in [-0.2, -0.15) is 5.10 Å². The molecule has 0 spiro atoms. The smallest absolute Gasteiger partial charge is 0.408 e. The van der Waals surface area contributed by atoms with Gasteiger partial charge in [-0.05, 0) is 20.8 Å². The number of carbonyl (C=O) groups excluding carboxylic acids is 1. The van der Waals surface area contributed by atoms with Gasteiger partial charge in [-0.25, -0.2) is 9.78 Å². The number of carbonyl (C=O) groups is 1. The summed E-state index contributed by atoms with van der Waals surface area (Å²) in [5, 5.41) is 6.58. The summed E-state index contributed by atoms with van der Waals surface area (Å²) in [6.07, 6.45) is 1.11. The lowest BCUT2D eigenvalue weighted by molar-refractivity contribution is 0.0522. The minimum atomic E-state index is -0.484. The van der Waals surface area contributed by atoms with E-state index >= 15 is 0 Å². The monoisotopic (exact) mass is 212 g/mol. The zero-order valence-electron chi connectivity index (χ0n) is 9.44. The van der Waals surface area contributed by atoms with Crippen molar-refractivity contribution in [3.63, 3.8) is 0 Å². The van der Waals surface area contributed by atoms with Gasteiger partial charge in [0.2, 0.25) is 0 Å². The Morgan fingerprint density at radius 1 is 1.60 bits per heavy atom. The third-order valence-electron chi connectivity index (χ3n) is 1.44. The summed E-state index contributed by atoms with van der Waals surface area (Å²) in [6.45, 7) is 5.71. The number of hydrogen-bond acceptors (Lipinski definition) is 4. The first-order valence-corrected chi connectivity index (χ1v) is 4.68. The van der Waals surface area contributed by atoms with Crippen molar-refractivity contribution in [3.05, 3.63) is 12.2 Å². The molecule has 0 bridgehead atoms. The van der Waals surface area contributed by atoms with Gasteiger partial charge in [0.15, 0.2) is 5.82 Å². The van der Waals surface area contributed by atoms with Crippen molar-refractivity contribution in [3.8, 4) is 0 Å². The van der Waals surface area contributed by atoms with Crippen LogP contribution < -0.4 is 5.32 Å². The molecule has 1 amide bonds. The SMILES string of the molecule is Cn1cnc(CNC(=O)OC(C)(C)C)n1. The highest BCUT2D eigenvalue weighted by Crippen LogP contribution is 2.06. The number of alkyl carbamates (subject to hydrolysis) is 1. The van der Waals surface area contributed by atoms with E-state index in [4.69, 9.17) is 4.74 Å². The first-order valence-electron chi connectivity index (χ1n) is 4.68. The molecule has 0 fully saturated rings. The molecule has 0 aliphatic carbocycles. The molecule has 0 saturated heterocycles. The van der Waals surface area contributed by atoms with E-state index in [9.17, 15) is 4.79 Å². The molecule has 0 atom stereocenters. The van der Waals surface area contributed by atoms with Gasteiger partial charge in [-0.15, -0.1) is 0 Å². The van der Waals surface area contributed by atoms with Crippen LogP contribution in [0.25, 0.3) is 0 Å². The third-order valence-corrected chi connectivity index (χ3v) is 1.44. The molecule has 0 unspecified atom stereocenters. The molecular weight excluding hydrogens is 196 g/mol. The number of aromatic nitrogens is 3. The fraction of sp³-hybridized carbons (Fsp3) is 0.667. The standard InChI is InChI=1S/C9H16N4O2/c1-9(2,3)15-8(14)10-5-7-11-6-13(4)12-7/h6H,5H2,1-4H3,(H,10,14). The predicted molar refractivity (Wildman–Crippen MR) is 54.1 cm³/mol. The lowest BCUT2D eigenvalue weighted by Crippen LogP contribution is -2.32. The second kappa shape index (κ2) is 4.29. The van der Waals surface area contributed by atoms with Gasteiger partial charge in [0.1, 0.15) is 11.9 Å². The lowest BCUT2D eigenvalue weighted by Gasteiger charge is -2.19. The van der Waals surface area contributed by atoms with Crippen LogP contribution in [0.15, 0.2) is 6.33 Å². The maximum Gasteiger partial charge on any atom is 0.408 e. The Morgan fingerprint density at radius 2 is 2.27 bits per heavy atom. The Kier molecular flexibility index (Phi) is 3.28. The van der Waals surface area contributed by atoms with E-state index in [1.54, 1.807) is 18.1 Å². The van der Waals surface area contributed by atoms with E-state index in [1.807, 2.05) is 20.8 Å². The Hall–Kier alpha value is -1.59. The van der Waals surface area contributed by atoms with Crippen LogP contribution in [0.2, 0.25) is 0 Å². The second-order valence-electron chi connectivity index (χ2n) is 4.19. The normalized spacial score (nSPS) is 11.2. The number of nitrogens with zero attached hydrogens (tertiary/aromatic N) is 3. The van der Waals surface area contributed by atoms with Gasteiger partial charge in [0.05, 0.1) is 6.54 Å². The molecule has 0 aliphatic heterocycles. The molecule has 1 heterocycles. The molecule has 1 rings (SSSR count). The highest BCUT2D eigenvalue weighted by Gasteiger charge is 2.15. The number of nitrogens with one attached hydrogen (secondary N) is 1. The van der Waals surface area contributed by atoms with Gasteiger partial charge in [0.25, 0.3) is 0 Å². The van der Waals surface area contributed by atoms with Crippen LogP contribution in [0.3, 0.4) is 0 Å². The Labute approximate surface area is 88.6 Å². The van der Waals surface area contributed by atoms with Crippen LogP contribution in [0.1, 0.15) is 26.6 Å². The molecule has 84 valence electrons. The molecular formula is C9H16N4O2. The molecule has 0 saturated carbocycles.